The molecule has 136 valence electrons. The summed E-state index contributed by atoms with van der Waals surface area (Å²) in [5.41, 5.74) is 0.992. The predicted molar refractivity (Wildman–Crippen MR) is 95.8 cm³/mol. The molecule has 0 saturated heterocycles. The summed E-state index contributed by atoms with van der Waals surface area (Å²) in [6.45, 7) is 4.59. The summed E-state index contributed by atoms with van der Waals surface area (Å²) in [5, 5.41) is 2.76. The first-order valence-corrected chi connectivity index (χ1v) is 9.68. The molecule has 1 N–H and O–H groups in total. The average Bonchev–Trinajstić information content (AvgIpc) is 3.04. The number of nitrogens with one attached hydrogen (secondary N) is 1. The highest BCUT2D eigenvalue weighted by molar-refractivity contribution is 7.89. The molecular formula is C18H24N2O4S. The molecular weight excluding hydrogens is 340 g/mol. The van der Waals surface area contributed by atoms with Crippen LogP contribution in [0.25, 0.3) is 0 Å². The van der Waals surface area contributed by atoms with Crippen LogP contribution in [0.15, 0.2) is 45.7 Å². The lowest BCUT2D eigenvalue weighted by Gasteiger charge is -2.16. The SMILES string of the molecule is CCCCNC(=O)c1ccc(CN(C)S(=O)(=O)c2ccc(C)cc2)o1. The van der Waals surface area contributed by atoms with Crippen molar-refractivity contribution >= 4 is 15.9 Å². The Morgan fingerprint density at radius 1 is 1.16 bits per heavy atom. The number of unbranched alkanes of at least 4 members (excludes halogenated alkanes) is 1. The predicted octanol–water partition coefficient (Wildman–Crippen LogP) is 2.94. The molecule has 1 aromatic carbocycles. The van der Waals surface area contributed by atoms with Crippen molar-refractivity contribution in [1.29, 1.82) is 0 Å². The smallest absolute Gasteiger partial charge is 0.286 e. The fourth-order valence-corrected chi connectivity index (χ4v) is 3.38. The molecule has 0 spiro atoms. The van der Waals surface area contributed by atoms with Gasteiger partial charge in [-0.05, 0) is 37.6 Å². The van der Waals surface area contributed by atoms with Gasteiger partial charge in [0.2, 0.25) is 10.0 Å². The molecule has 7 heteroatoms. The lowest BCUT2D eigenvalue weighted by Crippen LogP contribution is -2.26. The highest BCUT2D eigenvalue weighted by Gasteiger charge is 2.22. The first kappa shape index (κ1) is 19.2. The molecule has 6 nitrogen and oxygen atoms in total. The van der Waals surface area contributed by atoms with Crippen LogP contribution >= 0.6 is 0 Å². The summed E-state index contributed by atoms with van der Waals surface area (Å²) in [6.07, 6.45) is 1.89. The van der Waals surface area contributed by atoms with Gasteiger partial charge in [0.25, 0.3) is 5.91 Å². The van der Waals surface area contributed by atoms with Crippen LogP contribution in [0.2, 0.25) is 0 Å². The van der Waals surface area contributed by atoms with Crippen LogP contribution in [0.4, 0.5) is 0 Å². The lowest BCUT2D eigenvalue weighted by molar-refractivity contribution is 0.0923. The van der Waals surface area contributed by atoms with Crippen LogP contribution in [0.5, 0.6) is 0 Å². The van der Waals surface area contributed by atoms with Crippen LogP contribution in [-0.2, 0) is 16.6 Å². The second-order valence-corrected chi connectivity index (χ2v) is 7.99. The number of furan rings is 1. The van der Waals surface area contributed by atoms with Gasteiger partial charge in [-0.25, -0.2) is 8.42 Å². The number of sulfonamides is 1. The standard InChI is InChI=1S/C18H24N2O4S/c1-4-5-12-19-18(21)17-11-8-15(24-17)13-20(3)25(22,23)16-9-6-14(2)7-10-16/h6-11H,4-5,12-13H2,1-3H3,(H,19,21). The minimum Gasteiger partial charge on any atom is -0.455 e. The number of nitrogens with zero attached hydrogens (tertiary/aromatic N) is 1. The molecule has 0 saturated carbocycles. The van der Waals surface area contributed by atoms with Gasteiger partial charge in [0.05, 0.1) is 11.4 Å². The van der Waals surface area contributed by atoms with Gasteiger partial charge in [-0.15, -0.1) is 0 Å². The Morgan fingerprint density at radius 2 is 1.84 bits per heavy atom. The normalized spacial score (nSPS) is 11.7. The van der Waals surface area contributed by atoms with Crippen LogP contribution in [0.1, 0.15) is 41.6 Å². The molecule has 0 unspecified atom stereocenters. The van der Waals surface area contributed by atoms with Crippen molar-refractivity contribution in [2.45, 2.75) is 38.1 Å². The van der Waals surface area contributed by atoms with Crippen molar-refractivity contribution in [3.05, 3.63) is 53.5 Å². The first-order valence-electron chi connectivity index (χ1n) is 8.24. The summed E-state index contributed by atoms with van der Waals surface area (Å²) in [7, 11) is -2.12. The van der Waals surface area contributed by atoms with E-state index in [2.05, 4.69) is 5.32 Å². The second kappa shape index (κ2) is 8.31. The van der Waals surface area contributed by atoms with Crippen molar-refractivity contribution < 1.29 is 17.6 Å². The zero-order valence-corrected chi connectivity index (χ0v) is 15.6. The van der Waals surface area contributed by atoms with E-state index in [-0.39, 0.29) is 23.1 Å². The summed E-state index contributed by atoms with van der Waals surface area (Å²) in [4.78, 5) is 12.2. The van der Waals surface area contributed by atoms with Gasteiger partial charge in [0, 0.05) is 13.6 Å². The Balaban J connectivity index is 2.04. The van der Waals surface area contributed by atoms with Gasteiger partial charge < -0.3 is 9.73 Å². The van der Waals surface area contributed by atoms with Crippen molar-refractivity contribution in [1.82, 2.24) is 9.62 Å². The number of carbonyl (C=O) groups excluding carboxylic acids is 1. The Bertz CT molecular complexity index is 810. The Hall–Kier alpha value is -2.12. The number of hydrogen-bond donors (Lipinski definition) is 1. The molecule has 0 atom stereocenters. The van der Waals surface area contributed by atoms with E-state index in [1.165, 1.54) is 11.4 Å². The third-order valence-corrected chi connectivity index (χ3v) is 5.63. The van der Waals surface area contributed by atoms with Crippen molar-refractivity contribution in [2.75, 3.05) is 13.6 Å². The molecule has 0 radical (unpaired) electrons. The number of benzene rings is 1. The number of rotatable bonds is 8. The van der Waals surface area contributed by atoms with Gasteiger partial charge in [-0.2, -0.15) is 4.31 Å². The van der Waals surface area contributed by atoms with Gasteiger partial charge in [0.1, 0.15) is 5.76 Å². The third kappa shape index (κ3) is 4.93. The Kier molecular flexibility index (Phi) is 6.39. The summed E-state index contributed by atoms with van der Waals surface area (Å²) in [5.74, 6) is 0.315. The molecule has 0 aliphatic rings. The molecule has 0 aliphatic heterocycles. The molecule has 25 heavy (non-hydrogen) atoms. The van der Waals surface area contributed by atoms with E-state index < -0.39 is 10.0 Å². The maximum absolute atomic E-state index is 12.6. The van der Waals surface area contributed by atoms with E-state index >= 15 is 0 Å². The summed E-state index contributed by atoms with van der Waals surface area (Å²) in [6, 6.07) is 9.85. The zero-order valence-electron chi connectivity index (χ0n) is 14.8. The molecule has 0 bridgehead atoms. The van der Waals surface area contributed by atoms with Crippen molar-refractivity contribution in [3.8, 4) is 0 Å². The summed E-state index contributed by atoms with van der Waals surface area (Å²) >= 11 is 0. The maximum Gasteiger partial charge on any atom is 0.286 e. The van der Waals surface area contributed by atoms with Gasteiger partial charge in [-0.3, -0.25) is 4.79 Å². The molecule has 1 heterocycles. The van der Waals surface area contributed by atoms with Crippen LogP contribution in [0.3, 0.4) is 0 Å². The van der Waals surface area contributed by atoms with E-state index in [1.807, 2.05) is 13.8 Å². The topological polar surface area (TPSA) is 79.6 Å². The highest BCUT2D eigenvalue weighted by atomic mass is 32.2. The number of amides is 1. The van der Waals surface area contributed by atoms with Gasteiger partial charge in [-0.1, -0.05) is 31.0 Å². The van der Waals surface area contributed by atoms with Crippen LogP contribution in [0, 0.1) is 6.92 Å². The highest BCUT2D eigenvalue weighted by Crippen LogP contribution is 2.18. The van der Waals surface area contributed by atoms with Crippen LogP contribution in [-0.4, -0.2) is 32.2 Å². The van der Waals surface area contributed by atoms with Gasteiger partial charge >= 0.3 is 0 Å². The fraction of sp³-hybridized carbons (Fsp3) is 0.389. The summed E-state index contributed by atoms with van der Waals surface area (Å²) < 4.78 is 31.8. The number of aryl methyl sites for hydroxylation is 1. The van der Waals surface area contributed by atoms with Gasteiger partial charge in [0.15, 0.2) is 5.76 Å². The largest absolute Gasteiger partial charge is 0.455 e. The Labute approximate surface area is 148 Å². The molecule has 1 amide bonds. The van der Waals surface area contributed by atoms with E-state index in [4.69, 9.17) is 4.42 Å². The zero-order chi connectivity index (χ0) is 18.4. The Morgan fingerprint density at radius 3 is 2.48 bits per heavy atom. The first-order chi connectivity index (χ1) is 11.8. The van der Waals surface area contributed by atoms with Crippen molar-refractivity contribution in [3.63, 3.8) is 0 Å². The molecule has 0 aliphatic carbocycles. The molecule has 0 fully saturated rings. The third-order valence-electron chi connectivity index (χ3n) is 3.81. The molecule has 2 aromatic rings. The van der Waals surface area contributed by atoms with E-state index in [1.54, 1.807) is 36.4 Å². The van der Waals surface area contributed by atoms with Crippen LogP contribution < -0.4 is 5.32 Å². The monoisotopic (exact) mass is 364 g/mol. The lowest BCUT2D eigenvalue weighted by atomic mass is 10.2. The van der Waals surface area contributed by atoms with E-state index in [0.717, 1.165) is 18.4 Å². The van der Waals surface area contributed by atoms with E-state index in [0.29, 0.717) is 12.3 Å². The number of hydrogen-bond acceptors (Lipinski definition) is 4. The maximum atomic E-state index is 12.6. The quantitative estimate of drug-likeness (QED) is 0.731. The minimum atomic E-state index is -3.61. The number of carbonyl (C=O) groups is 1. The average molecular weight is 364 g/mol. The molecule has 2 rings (SSSR count). The minimum absolute atomic E-state index is 0.0540. The van der Waals surface area contributed by atoms with Crippen molar-refractivity contribution in [2.24, 2.45) is 0 Å². The fourth-order valence-electron chi connectivity index (χ4n) is 2.25. The molecule has 1 aromatic heterocycles. The second-order valence-electron chi connectivity index (χ2n) is 5.95. The van der Waals surface area contributed by atoms with E-state index in [9.17, 15) is 13.2 Å².